The molecule has 0 saturated heterocycles. The lowest BCUT2D eigenvalue weighted by molar-refractivity contribution is 0.213. The van der Waals surface area contributed by atoms with E-state index in [9.17, 15) is 0 Å². The van der Waals surface area contributed by atoms with Crippen molar-refractivity contribution in [2.75, 3.05) is 0 Å². The number of nitrogens with one attached hydrogen (secondary N) is 1. The van der Waals surface area contributed by atoms with Crippen molar-refractivity contribution in [1.29, 1.82) is 0 Å². The lowest BCUT2D eigenvalue weighted by Gasteiger charge is -2.33. The maximum absolute atomic E-state index is 5.79. The van der Waals surface area contributed by atoms with Crippen LogP contribution in [0.4, 0.5) is 0 Å². The summed E-state index contributed by atoms with van der Waals surface area (Å²) in [5.41, 5.74) is 4.46. The fourth-order valence-corrected chi connectivity index (χ4v) is 3.52. The smallest absolute Gasteiger partial charge is 0.0279 e. The van der Waals surface area contributed by atoms with E-state index in [2.05, 4.69) is 42.7 Å². The highest BCUT2D eigenvalue weighted by Gasteiger charge is 2.26. The first-order valence-corrected chi connectivity index (χ1v) is 7.83. The Kier molecular flexibility index (Phi) is 5.87. The molecule has 0 aliphatic heterocycles. The van der Waals surface area contributed by atoms with E-state index in [-0.39, 0.29) is 0 Å². The van der Waals surface area contributed by atoms with Crippen LogP contribution in [0, 0.1) is 11.8 Å². The highest BCUT2D eigenvalue weighted by Crippen LogP contribution is 2.33. The van der Waals surface area contributed by atoms with Crippen molar-refractivity contribution in [3.05, 3.63) is 35.9 Å². The first kappa shape index (κ1) is 14.5. The lowest BCUT2D eigenvalue weighted by Crippen LogP contribution is -2.43. The second-order valence-corrected chi connectivity index (χ2v) is 6.03. The summed E-state index contributed by atoms with van der Waals surface area (Å²) in [6.45, 7) is 2.30. The highest BCUT2D eigenvalue weighted by atomic mass is 15.2. The standard InChI is InChI=1S/C17H28N2/c1-2-6-14-9-11-16(12-10-14)17(19-18)13-15-7-4-3-5-8-15/h3-5,7-8,14,16-17,19H,2,6,9-13,18H2,1H3. The zero-order valence-corrected chi connectivity index (χ0v) is 12.1. The van der Waals surface area contributed by atoms with Crippen molar-refractivity contribution in [1.82, 2.24) is 5.43 Å². The van der Waals surface area contributed by atoms with Crippen LogP contribution in [0.5, 0.6) is 0 Å². The second-order valence-electron chi connectivity index (χ2n) is 6.03. The van der Waals surface area contributed by atoms with Crippen LogP contribution in [0.25, 0.3) is 0 Å². The summed E-state index contributed by atoms with van der Waals surface area (Å²) in [4.78, 5) is 0. The molecule has 106 valence electrons. The van der Waals surface area contributed by atoms with Crippen LogP contribution in [0.2, 0.25) is 0 Å². The first-order chi connectivity index (χ1) is 9.33. The molecule has 1 unspecified atom stereocenters. The minimum Gasteiger partial charge on any atom is -0.271 e. The molecule has 1 saturated carbocycles. The van der Waals surface area contributed by atoms with E-state index >= 15 is 0 Å². The largest absolute Gasteiger partial charge is 0.271 e. The van der Waals surface area contributed by atoms with E-state index in [1.165, 1.54) is 44.1 Å². The van der Waals surface area contributed by atoms with Crippen LogP contribution < -0.4 is 11.3 Å². The van der Waals surface area contributed by atoms with Crippen LogP contribution in [0.15, 0.2) is 30.3 Å². The average molecular weight is 260 g/mol. The van der Waals surface area contributed by atoms with Gasteiger partial charge in [0.05, 0.1) is 0 Å². The molecule has 2 nitrogen and oxygen atoms in total. The third-order valence-electron chi connectivity index (χ3n) is 4.67. The molecule has 3 N–H and O–H groups in total. The molecule has 0 amide bonds. The Bertz CT molecular complexity index is 342. The summed E-state index contributed by atoms with van der Waals surface area (Å²) < 4.78 is 0. The highest BCUT2D eigenvalue weighted by molar-refractivity contribution is 5.16. The maximum Gasteiger partial charge on any atom is 0.0279 e. The van der Waals surface area contributed by atoms with E-state index in [0.29, 0.717) is 6.04 Å². The van der Waals surface area contributed by atoms with Crippen molar-refractivity contribution < 1.29 is 0 Å². The van der Waals surface area contributed by atoms with Gasteiger partial charge in [0.15, 0.2) is 0 Å². The Morgan fingerprint density at radius 3 is 2.42 bits per heavy atom. The molecule has 0 bridgehead atoms. The molecule has 1 fully saturated rings. The maximum atomic E-state index is 5.79. The zero-order valence-electron chi connectivity index (χ0n) is 12.1. The summed E-state index contributed by atoms with van der Waals surface area (Å²) >= 11 is 0. The van der Waals surface area contributed by atoms with Gasteiger partial charge in [-0.1, -0.05) is 62.9 Å². The first-order valence-electron chi connectivity index (χ1n) is 7.83. The zero-order chi connectivity index (χ0) is 13.5. The third kappa shape index (κ3) is 4.32. The normalized spacial score (nSPS) is 25.2. The molecule has 0 spiro atoms. The molecule has 2 heteroatoms. The molecule has 2 rings (SSSR count). The molecular weight excluding hydrogens is 232 g/mol. The minimum atomic E-state index is 0.435. The van der Waals surface area contributed by atoms with Gasteiger partial charge in [-0.2, -0.15) is 0 Å². The third-order valence-corrected chi connectivity index (χ3v) is 4.67. The van der Waals surface area contributed by atoms with E-state index in [1.54, 1.807) is 0 Å². The number of hydrogen-bond acceptors (Lipinski definition) is 2. The fourth-order valence-electron chi connectivity index (χ4n) is 3.52. The monoisotopic (exact) mass is 260 g/mol. The molecule has 0 radical (unpaired) electrons. The van der Waals surface area contributed by atoms with Crippen molar-refractivity contribution in [3.63, 3.8) is 0 Å². The average Bonchev–Trinajstić information content (AvgIpc) is 2.47. The molecule has 1 aliphatic rings. The van der Waals surface area contributed by atoms with Gasteiger partial charge in [-0.3, -0.25) is 11.3 Å². The van der Waals surface area contributed by atoms with Crippen LogP contribution in [-0.4, -0.2) is 6.04 Å². The van der Waals surface area contributed by atoms with Gasteiger partial charge in [-0.25, -0.2) is 0 Å². The Hall–Kier alpha value is -0.860. The van der Waals surface area contributed by atoms with Gasteiger partial charge >= 0.3 is 0 Å². The van der Waals surface area contributed by atoms with Gasteiger partial charge in [-0.15, -0.1) is 0 Å². The van der Waals surface area contributed by atoms with Crippen LogP contribution >= 0.6 is 0 Å². The predicted octanol–water partition coefficient (Wildman–Crippen LogP) is 3.67. The van der Waals surface area contributed by atoms with Crippen LogP contribution in [-0.2, 0) is 6.42 Å². The van der Waals surface area contributed by atoms with Gasteiger partial charge < -0.3 is 0 Å². The van der Waals surface area contributed by atoms with E-state index < -0.39 is 0 Å². The Labute approximate surface area is 117 Å². The molecule has 1 atom stereocenters. The summed E-state index contributed by atoms with van der Waals surface area (Å²) in [5.74, 6) is 7.51. The molecule has 1 aromatic rings. The van der Waals surface area contributed by atoms with Crippen molar-refractivity contribution >= 4 is 0 Å². The fraction of sp³-hybridized carbons (Fsp3) is 0.647. The van der Waals surface area contributed by atoms with E-state index in [1.807, 2.05) is 0 Å². The number of nitrogens with two attached hydrogens (primary N) is 1. The summed E-state index contributed by atoms with van der Waals surface area (Å²) in [6, 6.07) is 11.1. The Morgan fingerprint density at radius 2 is 1.84 bits per heavy atom. The van der Waals surface area contributed by atoms with Crippen LogP contribution in [0.3, 0.4) is 0 Å². The number of rotatable bonds is 6. The van der Waals surface area contributed by atoms with Crippen molar-refractivity contribution in [2.24, 2.45) is 17.7 Å². The Balaban J connectivity index is 1.85. The summed E-state index contributed by atoms with van der Waals surface area (Å²) in [5, 5.41) is 0. The van der Waals surface area contributed by atoms with E-state index in [4.69, 9.17) is 5.84 Å². The molecule has 19 heavy (non-hydrogen) atoms. The number of benzene rings is 1. The van der Waals surface area contributed by atoms with E-state index in [0.717, 1.165) is 18.3 Å². The molecule has 1 aliphatic carbocycles. The molecule has 0 heterocycles. The summed E-state index contributed by atoms with van der Waals surface area (Å²) in [6.07, 6.45) is 9.26. The number of hydrazine groups is 1. The lowest BCUT2D eigenvalue weighted by atomic mass is 9.76. The van der Waals surface area contributed by atoms with Gasteiger partial charge in [-0.05, 0) is 36.7 Å². The molecular formula is C17H28N2. The van der Waals surface area contributed by atoms with Crippen LogP contribution in [0.1, 0.15) is 51.0 Å². The topological polar surface area (TPSA) is 38.0 Å². The Morgan fingerprint density at radius 1 is 1.16 bits per heavy atom. The van der Waals surface area contributed by atoms with Gasteiger partial charge in [0.25, 0.3) is 0 Å². The molecule has 0 aromatic heterocycles. The quantitative estimate of drug-likeness (QED) is 0.605. The van der Waals surface area contributed by atoms with Gasteiger partial charge in [0.2, 0.25) is 0 Å². The van der Waals surface area contributed by atoms with Crippen molar-refractivity contribution in [3.8, 4) is 0 Å². The number of hydrogen-bond donors (Lipinski definition) is 2. The van der Waals surface area contributed by atoms with Gasteiger partial charge in [0, 0.05) is 6.04 Å². The molecule has 1 aromatic carbocycles. The SMILES string of the molecule is CCCC1CCC(C(Cc2ccccc2)NN)CC1. The minimum absolute atomic E-state index is 0.435. The summed E-state index contributed by atoms with van der Waals surface area (Å²) in [7, 11) is 0. The van der Waals surface area contributed by atoms with Gasteiger partial charge in [0.1, 0.15) is 0 Å². The second kappa shape index (κ2) is 7.66. The predicted molar refractivity (Wildman–Crippen MR) is 81.6 cm³/mol. The van der Waals surface area contributed by atoms with Crippen molar-refractivity contribution in [2.45, 2.75) is 57.9 Å².